The van der Waals surface area contributed by atoms with Gasteiger partial charge in [0.25, 0.3) is 0 Å². The highest BCUT2D eigenvalue weighted by atomic mass is 32.1. The average molecular weight is 236 g/mol. The fraction of sp³-hybridized carbons (Fsp3) is 0.273. The molecule has 0 bridgehead atoms. The molecule has 0 fully saturated rings. The van der Waals surface area contributed by atoms with Crippen LogP contribution in [-0.2, 0) is 7.05 Å². The summed E-state index contributed by atoms with van der Waals surface area (Å²) in [5.41, 5.74) is 3.04. The van der Waals surface area contributed by atoms with Crippen molar-refractivity contribution in [3.63, 3.8) is 0 Å². The van der Waals surface area contributed by atoms with Gasteiger partial charge in [-0.15, -0.1) is 11.3 Å². The van der Waals surface area contributed by atoms with E-state index in [1.54, 1.807) is 16.9 Å². The van der Waals surface area contributed by atoms with E-state index in [0.717, 1.165) is 21.7 Å². The average Bonchev–Trinajstić information content (AvgIpc) is 2.73. The Morgan fingerprint density at radius 1 is 1.50 bits per heavy atom. The van der Waals surface area contributed by atoms with Crippen molar-refractivity contribution >= 4 is 17.3 Å². The van der Waals surface area contributed by atoms with Crippen molar-refractivity contribution in [2.45, 2.75) is 13.8 Å². The minimum absolute atomic E-state index is 0.371. The van der Waals surface area contributed by atoms with Gasteiger partial charge in [-0.1, -0.05) is 0 Å². The molecule has 2 aromatic rings. The molecule has 2 aromatic heterocycles. The van der Waals surface area contributed by atoms with Crippen LogP contribution in [0, 0.1) is 13.8 Å². The zero-order chi connectivity index (χ0) is 11.9. The predicted molar refractivity (Wildman–Crippen MR) is 63.0 cm³/mol. The van der Waals surface area contributed by atoms with Crippen LogP contribution < -0.4 is 0 Å². The van der Waals surface area contributed by atoms with Crippen molar-refractivity contribution in [1.82, 2.24) is 9.78 Å². The molecule has 2 rings (SSSR count). The number of aromatic carboxylic acids is 1. The van der Waals surface area contributed by atoms with Crippen molar-refractivity contribution in [2.24, 2.45) is 7.05 Å². The number of rotatable bonds is 2. The Bertz CT molecular complexity index is 554. The summed E-state index contributed by atoms with van der Waals surface area (Å²) in [6.07, 6.45) is 1.78. The summed E-state index contributed by atoms with van der Waals surface area (Å²) in [5.74, 6) is -0.874. The third-order valence-electron chi connectivity index (χ3n) is 2.61. The summed E-state index contributed by atoms with van der Waals surface area (Å²) in [6.45, 7) is 3.90. The number of carboxylic acids is 1. The maximum atomic E-state index is 10.9. The molecule has 0 aromatic carbocycles. The standard InChI is InChI=1S/C11H12N2O2S/c1-6-4-9(11(14)15)16-10(6)8-5-12-13(3)7(8)2/h4-5H,1-3H3,(H,14,15). The zero-order valence-corrected chi connectivity index (χ0v) is 10.1. The quantitative estimate of drug-likeness (QED) is 0.871. The second-order valence-corrected chi connectivity index (χ2v) is 4.75. The van der Waals surface area contributed by atoms with E-state index in [2.05, 4.69) is 5.10 Å². The van der Waals surface area contributed by atoms with Gasteiger partial charge in [0, 0.05) is 23.2 Å². The Morgan fingerprint density at radius 3 is 2.62 bits per heavy atom. The molecule has 0 aliphatic heterocycles. The maximum absolute atomic E-state index is 10.9. The summed E-state index contributed by atoms with van der Waals surface area (Å²) in [4.78, 5) is 12.2. The van der Waals surface area contributed by atoms with Crippen LogP contribution in [-0.4, -0.2) is 20.9 Å². The van der Waals surface area contributed by atoms with Crippen LogP contribution in [0.25, 0.3) is 10.4 Å². The molecule has 0 aliphatic rings. The number of carbonyl (C=O) groups is 1. The fourth-order valence-corrected chi connectivity index (χ4v) is 2.65. The van der Waals surface area contributed by atoms with E-state index in [1.807, 2.05) is 20.9 Å². The molecule has 16 heavy (non-hydrogen) atoms. The van der Waals surface area contributed by atoms with Gasteiger partial charge in [0.05, 0.1) is 6.20 Å². The van der Waals surface area contributed by atoms with Crippen LogP contribution in [0.1, 0.15) is 20.9 Å². The predicted octanol–water partition coefficient (Wildman–Crippen LogP) is 2.46. The van der Waals surface area contributed by atoms with E-state index in [0.29, 0.717) is 4.88 Å². The molecule has 5 heteroatoms. The summed E-state index contributed by atoms with van der Waals surface area (Å²) >= 11 is 1.30. The summed E-state index contributed by atoms with van der Waals surface area (Å²) in [6, 6.07) is 1.70. The van der Waals surface area contributed by atoms with Gasteiger partial charge >= 0.3 is 5.97 Å². The van der Waals surface area contributed by atoms with Gasteiger partial charge in [-0.2, -0.15) is 5.10 Å². The highest BCUT2D eigenvalue weighted by Crippen LogP contribution is 2.33. The lowest BCUT2D eigenvalue weighted by Crippen LogP contribution is -1.92. The molecule has 0 saturated carbocycles. The molecule has 0 aliphatic carbocycles. The van der Waals surface area contributed by atoms with E-state index in [4.69, 9.17) is 5.11 Å². The van der Waals surface area contributed by atoms with Crippen molar-refractivity contribution in [1.29, 1.82) is 0 Å². The van der Waals surface area contributed by atoms with Gasteiger partial charge in [0.2, 0.25) is 0 Å². The monoisotopic (exact) mass is 236 g/mol. The Labute approximate surface area is 97.2 Å². The number of hydrogen-bond donors (Lipinski definition) is 1. The van der Waals surface area contributed by atoms with Gasteiger partial charge in [0.1, 0.15) is 4.88 Å². The maximum Gasteiger partial charge on any atom is 0.345 e. The number of thiophene rings is 1. The number of hydrogen-bond acceptors (Lipinski definition) is 3. The van der Waals surface area contributed by atoms with Crippen molar-refractivity contribution in [2.75, 3.05) is 0 Å². The number of aryl methyl sites for hydroxylation is 2. The van der Waals surface area contributed by atoms with Crippen LogP contribution in [0.5, 0.6) is 0 Å². The molecular weight excluding hydrogens is 224 g/mol. The van der Waals surface area contributed by atoms with Crippen LogP contribution in [0.15, 0.2) is 12.3 Å². The topological polar surface area (TPSA) is 55.1 Å². The Morgan fingerprint density at radius 2 is 2.19 bits per heavy atom. The third kappa shape index (κ3) is 1.63. The highest BCUT2D eigenvalue weighted by molar-refractivity contribution is 7.17. The first kappa shape index (κ1) is 10.9. The number of aromatic nitrogens is 2. The van der Waals surface area contributed by atoms with E-state index >= 15 is 0 Å². The molecule has 0 spiro atoms. The molecule has 0 saturated heterocycles. The minimum Gasteiger partial charge on any atom is -0.477 e. The highest BCUT2D eigenvalue weighted by Gasteiger charge is 2.15. The molecule has 84 valence electrons. The van der Waals surface area contributed by atoms with Gasteiger partial charge in [-0.25, -0.2) is 4.79 Å². The lowest BCUT2D eigenvalue weighted by molar-refractivity contribution is 0.0702. The first-order valence-corrected chi connectivity index (χ1v) is 5.65. The van der Waals surface area contributed by atoms with Gasteiger partial charge in [0.15, 0.2) is 0 Å². The number of nitrogens with zero attached hydrogens (tertiary/aromatic N) is 2. The molecule has 0 radical (unpaired) electrons. The van der Waals surface area contributed by atoms with Crippen LogP contribution >= 0.6 is 11.3 Å². The van der Waals surface area contributed by atoms with Gasteiger partial charge in [-0.3, -0.25) is 4.68 Å². The first-order chi connectivity index (χ1) is 7.50. The Kier molecular flexibility index (Phi) is 2.55. The molecular formula is C11H12N2O2S. The summed E-state index contributed by atoms with van der Waals surface area (Å²) < 4.78 is 1.79. The molecule has 4 nitrogen and oxygen atoms in total. The van der Waals surface area contributed by atoms with E-state index in [1.165, 1.54) is 11.3 Å². The van der Waals surface area contributed by atoms with Gasteiger partial charge in [-0.05, 0) is 25.5 Å². The smallest absolute Gasteiger partial charge is 0.345 e. The van der Waals surface area contributed by atoms with Gasteiger partial charge < -0.3 is 5.11 Å². The van der Waals surface area contributed by atoms with Crippen molar-refractivity contribution in [3.05, 3.63) is 28.4 Å². The second-order valence-electron chi connectivity index (χ2n) is 3.70. The lowest BCUT2D eigenvalue weighted by Gasteiger charge is -1.98. The molecule has 0 amide bonds. The molecule has 1 N–H and O–H groups in total. The molecule has 0 atom stereocenters. The Balaban J connectivity index is 2.56. The molecule has 0 unspecified atom stereocenters. The van der Waals surface area contributed by atoms with Crippen molar-refractivity contribution in [3.8, 4) is 10.4 Å². The summed E-state index contributed by atoms with van der Waals surface area (Å²) in [5, 5.41) is 13.1. The van der Waals surface area contributed by atoms with E-state index in [-0.39, 0.29) is 0 Å². The third-order valence-corrected chi connectivity index (χ3v) is 3.87. The second kappa shape index (κ2) is 3.75. The summed E-state index contributed by atoms with van der Waals surface area (Å²) in [7, 11) is 1.87. The zero-order valence-electron chi connectivity index (χ0n) is 9.31. The van der Waals surface area contributed by atoms with Crippen LogP contribution in [0.4, 0.5) is 0 Å². The van der Waals surface area contributed by atoms with E-state index in [9.17, 15) is 4.79 Å². The minimum atomic E-state index is -0.874. The number of carboxylic acid groups (broad SMARTS) is 1. The lowest BCUT2D eigenvalue weighted by atomic mass is 10.1. The van der Waals surface area contributed by atoms with E-state index < -0.39 is 5.97 Å². The van der Waals surface area contributed by atoms with Crippen molar-refractivity contribution < 1.29 is 9.90 Å². The normalized spacial score (nSPS) is 10.7. The Hall–Kier alpha value is -1.62. The first-order valence-electron chi connectivity index (χ1n) is 4.83. The van der Waals surface area contributed by atoms with Crippen LogP contribution in [0.2, 0.25) is 0 Å². The fourth-order valence-electron chi connectivity index (χ4n) is 1.58. The molecule has 2 heterocycles. The SMILES string of the molecule is Cc1cc(C(=O)O)sc1-c1cnn(C)c1C. The largest absolute Gasteiger partial charge is 0.477 e. The van der Waals surface area contributed by atoms with Crippen LogP contribution in [0.3, 0.4) is 0 Å².